The van der Waals surface area contributed by atoms with Crippen LogP contribution < -0.4 is 4.90 Å². The summed E-state index contributed by atoms with van der Waals surface area (Å²) in [4.78, 5) is 36.2. The van der Waals surface area contributed by atoms with Crippen LogP contribution in [0.5, 0.6) is 0 Å². The van der Waals surface area contributed by atoms with Gasteiger partial charge in [-0.05, 0) is 42.0 Å². The number of aliphatic hydroxyl groups is 1. The minimum Gasteiger partial charge on any atom is -0.503 e. The standard InChI is InChI=1S/C23H13ClFN3O3S/c24-15-4-1-5-16-18(15)27-23(32-16)28-19(12-6-8-14(25)9-7-12)17(21(30)22(28)31)20(29)13-3-2-10-26-11-13/h1-11,19,30H. The summed E-state index contributed by atoms with van der Waals surface area (Å²) in [5.74, 6) is -2.48. The Balaban J connectivity index is 1.69. The molecule has 0 spiro atoms. The van der Waals surface area contributed by atoms with Gasteiger partial charge in [0.2, 0.25) is 0 Å². The fraction of sp³-hybridized carbons (Fsp3) is 0.0435. The quantitative estimate of drug-likeness (QED) is 0.415. The van der Waals surface area contributed by atoms with Crippen LogP contribution in [0.25, 0.3) is 10.2 Å². The van der Waals surface area contributed by atoms with Gasteiger partial charge in [0, 0.05) is 18.0 Å². The third kappa shape index (κ3) is 3.24. The molecule has 0 aliphatic carbocycles. The molecular weight excluding hydrogens is 453 g/mol. The number of thiazole rings is 1. The van der Waals surface area contributed by atoms with Crippen LogP contribution in [0.15, 0.2) is 78.3 Å². The van der Waals surface area contributed by atoms with Crippen molar-refractivity contribution in [2.75, 3.05) is 4.90 Å². The van der Waals surface area contributed by atoms with Gasteiger partial charge in [-0.3, -0.25) is 19.5 Å². The predicted octanol–water partition coefficient (Wildman–Crippen LogP) is 5.27. The van der Waals surface area contributed by atoms with E-state index in [9.17, 15) is 19.1 Å². The molecule has 1 unspecified atom stereocenters. The van der Waals surface area contributed by atoms with Gasteiger partial charge in [-0.1, -0.05) is 41.1 Å². The van der Waals surface area contributed by atoms with Gasteiger partial charge >= 0.3 is 0 Å². The largest absolute Gasteiger partial charge is 0.503 e. The Labute approximate surface area is 190 Å². The summed E-state index contributed by atoms with van der Waals surface area (Å²) in [6.45, 7) is 0. The summed E-state index contributed by atoms with van der Waals surface area (Å²) in [6, 6.07) is 12.8. The number of benzene rings is 2. The van der Waals surface area contributed by atoms with Crippen molar-refractivity contribution < 1.29 is 19.1 Å². The zero-order valence-electron chi connectivity index (χ0n) is 16.2. The number of carbonyl (C=O) groups excluding carboxylic acids is 2. The zero-order valence-corrected chi connectivity index (χ0v) is 17.8. The molecule has 4 aromatic rings. The van der Waals surface area contributed by atoms with Crippen molar-refractivity contribution in [1.29, 1.82) is 0 Å². The van der Waals surface area contributed by atoms with Gasteiger partial charge in [0.15, 0.2) is 16.7 Å². The Hall–Kier alpha value is -3.62. The molecule has 2 aromatic heterocycles. The molecular formula is C23H13ClFN3O3S. The van der Waals surface area contributed by atoms with Crippen LogP contribution in [0.4, 0.5) is 9.52 Å². The lowest BCUT2D eigenvalue weighted by molar-refractivity contribution is -0.117. The average Bonchev–Trinajstić information content (AvgIpc) is 3.34. The molecule has 9 heteroatoms. The molecule has 6 nitrogen and oxygen atoms in total. The van der Waals surface area contributed by atoms with E-state index in [1.54, 1.807) is 24.3 Å². The number of para-hydroxylation sites is 1. The van der Waals surface area contributed by atoms with Crippen molar-refractivity contribution in [1.82, 2.24) is 9.97 Å². The molecule has 1 N–H and O–H groups in total. The second-order valence-corrected chi connectivity index (χ2v) is 8.46. The van der Waals surface area contributed by atoms with Crippen LogP contribution in [0.2, 0.25) is 5.02 Å². The Kier molecular flexibility index (Phi) is 4.96. The lowest BCUT2D eigenvalue weighted by atomic mass is 9.93. The van der Waals surface area contributed by atoms with Crippen LogP contribution >= 0.6 is 22.9 Å². The number of aromatic nitrogens is 2. The van der Waals surface area contributed by atoms with Gasteiger partial charge in [-0.15, -0.1) is 0 Å². The van der Waals surface area contributed by atoms with Crippen molar-refractivity contribution in [3.63, 3.8) is 0 Å². The molecule has 0 radical (unpaired) electrons. The first kappa shape index (κ1) is 20.3. The highest BCUT2D eigenvalue weighted by molar-refractivity contribution is 7.22. The number of amides is 1. The predicted molar refractivity (Wildman–Crippen MR) is 119 cm³/mol. The Morgan fingerprint density at radius 3 is 2.59 bits per heavy atom. The minimum atomic E-state index is -1.00. The van der Waals surface area contributed by atoms with Gasteiger partial charge < -0.3 is 5.11 Å². The van der Waals surface area contributed by atoms with E-state index in [-0.39, 0.29) is 16.3 Å². The van der Waals surface area contributed by atoms with Crippen LogP contribution in [-0.2, 0) is 4.79 Å². The Bertz CT molecular complexity index is 1400. The fourth-order valence-electron chi connectivity index (χ4n) is 3.65. The number of fused-ring (bicyclic) bond motifs is 1. The van der Waals surface area contributed by atoms with Gasteiger partial charge in [0.1, 0.15) is 11.3 Å². The smallest absolute Gasteiger partial charge is 0.296 e. The highest BCUT2D eigenvalue weighted by Gasteiger charge is 2.46. The number of ketones is 1. The molecule has 0 saturated carbocycles. The lowest BCUT2D eigenvalue weighted by Gasteiger charge is -2.24. The number of halogens is 2. The molecule has 1 aliphatic rings. The van der Waals surface area contributed by atoms with E-state index in [0.29, 0.717) is 16.1 Å². The molecule has 0 fully saturated rings. The number of anilines is 1. The summed E-state index contributed by atoms with van der Waals surface area (Å²) in [5, 5.41) is 11.4. The fourth-order valence-corrected chi connectivity index (χ4v) is 4.95. The third-order valence-electron chi connectivity index (χ3n) is 5.13. The highest BCUT2D eigenvalue weighted by atomic mass is 35.5. The minimum absolute atomic E-state index is 0.125. The first-order valence-corrected chi connectivity index (χ1v) is 10.7. The molecule has 1 atom stereocenters. The summed E-state index contributed by atoms with van der Waals surface area (Å²) in [7, 11) is 0. The van der Waals surface area contributed by atoms with E-state index in [1.807, 2.05) is 6.07 Å². The highest BCUT2D eigenvalue weighted by Crippen LogP contribution is 2.44. The Morgan fingerprint density at radius 1 is 1.12 bits per heavy atom. The summed E-state index contributed by atoms with van der Waals surface area (Å²) >= 11 is 7.45. The van der Waals surface area contributed by atoms with Gasteiger partial charge in [-0.2, -0.15) is 0 Å². The molecule has 0 saturated heterocycles. The van der Waals surface area contributed by atoms with Crippen LogP contribution in [0.3, 0.4) is 0 Å². The second-order valence-electron chi connectivity index (χ2n) is 7.05. The maximum atomic E-state index is 13.6. The number of aliphatic hydroxyl groups excluding tert-OH is 1. The van der Waals surface area contributed by atoms with E-state index in [0.717, 1.165) is 4.70 Å². The molecule has 5 rings (SSSR count). The molecule has 3 heterocycles. The average molecular weight is 466 g/mol. The van der Waals surface area contributed by atoms with E-state index >= 15 is 0 Å². The van der Waals surface area contributed by atoms with E-state index < -0.39 is 29.3 Å². The maximum Gasteiger partial charge on any atom is 0.296 e. The molecule has 158 valence electrons. The van der Waals surface area contributed by atoms with E-state index in [2.05, 4.69) is 9.97 Å². The monoisotopic (exact) mass is 465 g/mol. The number of rotatable bonds is 4. The van der Waals surface area contributed by atoms with Crippen molar-refractivity contribution in [3.8, 4) is 0 Å². The van der Waals surface area contributed by atoms with Gasteiger partial charge in [0.05, 0.1) is 21.3 Å². The van der Waals surface area contributed by atoms with Crippen molar-refractivity contribution >= 4 is 50.0 Å². The summed E-state index contributed by atoms with van der Waals surface area (Å²) < 4.78 is 14.4. The first-order chi connectivity index (χ1) is 15.5. The number of carbonyl (C=O) groups is 2. The Morgan fingerprint density at radius 2 is 1.91 bits per heavy atom. The van der Waals surface area contributed by atoms with E-state index in [4.69, 9.17) is 11.6 Å². The molecule has 32 heavy (non-hydrogen) atoms. The molecule has 1 aliphatic heterocycles. The number of nitrogens with zero attached hydrogens (tertiary/aromatic N) is 3. The van der Waals surface area contributed by atoms with Crippen LogP contribution in [0.1, 0.15) is 22.0 Å². The molecule has 1 amide bonds. The van der Waals surface area contributed by atoms with Crippen molar-refractivity contribution in [3.05, 3.63) is 100 Å². The maximum absolute atomic E-state index is 13.6. The van der Waals surface area contributed by atoms with E-state index in [1.165, 1.54) is 52.9 Å². The SMILES string of the molecule is O=C(C1=C(O)C(=O)N(c2nc3c(Cl)cccc3s2)C1c1ccc(F)cc1)c1cccnc1. The summed E-state index contributed by atoms with van der Waals surface area (Å²) in [6.07, 6.45) is 2.87. The van der Waals surface area contributed by atoms with Crippen molar-refractivity contribution in [2.24, 2.45) is 0 Å². The van der Waals surface area contributed by atoms with Gasteiger partial charge in [0.25, 0.3) is 5.91 Å². The molecule has 2 aromatic carbocycles. The molecule has 0 bridgehead atoms. The van der Waals surface area contributed by atoms with Crippen molar-refractivity contribution in [2.45, 2.75) is 6.04 Å². The topological polar surface area (TPSA) is 83.4 Å². The first-order valence-electron chi connectivity index (χ1n) is 9.47. The number of hydrogen-bond donors (Lipinski definition) is 1. The summed E-state index contributed by atoms with van der Waals surface area (Å²) in [5.41, 5.74) is 1.04. The van der Waals surface area contributed by atoms with Crippen LogP contribution in [0, 0.1) is 5.82 Å². The second kappa shape index (κ2) is 7.81. The number of pyridine rings is 1. The lowest BCUT2D eigenvalue weighted by Crippen LogP contribution is -2.31. The van der Waals surface area contributed by atoms with Crippen LogP contribution in [-0.4, -0.2) is 26.8 Å². The van der Waals surface area contributed by atoms with Gasteiger partial charge in [-0.25, -0.2) is 9.37 Å². The zero-order chi connectivity index (χ0) is 22.4. The number of hydrogen-bond acceptors (Lipinski definition) is 6. The normalized spacial score (nSPS) is 16.2. The third-order valence-corrected chi connectivity index (χ3v) is 6.45. The number of Topliss-reactive ketones (excluding diaryl/α,β-unsaturated/α-hetero) is 1.